The summed E-state index contributed by atoms with van der Waals surface area (Å²) in [5.41, 5.74) is 1.53. The van der Waals surface area contributed by atoms with Crippen LogP contribution in [0.1, 0.15) is 40.1 Å². The summed E-state index contributed by atoms with van der Waals surface area (Å²) >= 11 is 0. The van der Waals surface area contributed by atoms with Crippen molar-refractivity contribution in [2.45, 2.75) is 13.8 Å². The number of hydrogen-bond acceptors (Lipinski definition) is 13. The first-order chi connectivity index (χ1) is 20.3. The van der Waals surface area contributed by atoms with Gasteiger partial charge in [0.05, 0.1) is 24.8 Å². The second kappa shape index (κ2) is 10.5. The van der Waals surface area contributed by atoms with Gasteiger partial charge in [0.15, 0.2) is 23.2 Å². The number of fused-ring (bicyclic) bond motifs is 1. The average Bonchev–Trinajstić information content (AvgIpc) is 3.75. The lowest BCUT2D eigenvalue weighted by Gasteiger charge is -2.11. The first kappa shape index (κ1) is 26.1. The number of benzene rings is 2. The number of aliphatic imine (C=N–C) groups is 4. The van der Waals surface area contributed by atoms with Crippen molar-refractivity contribution in [3.05, 3.63) is 65.6 Å². The number of phenols is 1. The summed E-state index contributed by atoms with van der Waals surface area (Å²) in [5.74, 6) is -1.30. The third-order valence-electron chi connectivity index (χ3n) is 6.36. The van der Waals surface area contributed by atoms with Crippen molar-refractivity contribution in [3.63, 3.8) is 0 Å². The van der Waals surface area contributed by atoms with Crippen molar-refractivity contribution >= 4 is 56.9 Å². The molecule has 14 nitrogen and oxygen atoms in total. The van der Waals surface area contributed by atoms with Gasteiger partial charge in [-0.25, -0.2) is 20.0 Å². The molecule has 204 valence electrons. The van der Waals surface area contributed by atoms with E-state index in [2.05, 4.69) is 45.3 Å². The van der Waals surface area contributed by atoms with Gasteiger partial charge < -0.3 is 5.11 Å². The highest BCUT2D eigenvalue weighted by molar-refractivity contribution is 6.49. The Balaban J connectivity index is 1.51. The number of nitrogens with zero attached hydrogens (tertiary/aromatic N) is 11. The van der Waals surface area contributed by atoms with E-state index in [9.17, 15) is 20.0 Å². The third-order valence-corrected chi connectivity index (χ3v) is 6.36. The van der Waals surface area contributed by atoms with E-state index in [-0.39, 0.29) is 58.1 Å². The summed E-state index contributed by atoms with van der Waals surface area (Å²) in [4.78, 5) is 51.5. The Kier molecular flexibility index (Phi) is 6.51. The Morgan fingerprint density at radius 3 is 2.31 bits per heavy atom. The maximum absolute atomic E-state index is 13.4. The summed E-state index contributed by atoms with van der Waals surface area (Å²) < 4.78 is 1.22. The van der Waals surface area contributed by atoms with Crippen LogP contribution in [0.15, 0.2) is 79.1 Å². The maximum Gasteiger partial charge on any atom is 0.252 e. The molecule has 0 amide bonds. The van der Waals surface area contributed by atoms with Crippen molar-refractivity contribution < 1.29 is 14.7 Å². The Labute approximate surface area is 237 Å². The molecule has 2 aliphatic heterocycles. The molecular formula is C28H19N11O3. The normalized spacial score (nSPS) is 14.5. The lowest BCUT2D eigenvalue weighted by Crippen LogP contribution is -2.12. The van der Waals surface area contributed by atoms with Gasteiger partial charge in [-0.05, 0) is 37.4 Å². The van der Waals surface area contributed by atoms with Gasteiger partial charge in [-0.1, -0.05) is 12.1 Å². The summed E-state index contributed by atoms with van der Waals surface area (Å²) in [7, 11) is 0. The smallest absolute Gasteiger partial charge is 0.252 e. The van der Waals surface area contributed by atoms with Crippen LogP contribution in [0.2, 0.25) is 0 Å². The highest BCUT2D eigenvalue weighted by Crippen LogP contribution is 2.40. The molecule has 42 heavy (non-hydrogen) atoms. The molecule has 1 N–H and O–H groups in total. The van der Waals surface area contributed by atoms with Crippen molar-refractivity contribution in [2.75, 3.05) is 13.1 Å². The molecule has 4 heterocycles. The number of carbonyl (C=O) groups excluding carboxylic acids is 2. The zero-order chi connectivity index (χ0) is 29.4. The van der Waals surface area contributed by atoms with E-state index < -0.39 is 11.5 Å². The largest absolute Gasteiger partial charge is 0.505 e. The lowest BCUT2D eigenvalue weighted by molar-refractivity contribution is 0.105. The summed E-state index contributed by atoms with van der Waals surface area (Å²) in [6, 6.07) is 9.75. The van der Waals surface area contributed by atoms with Crippen LogP contribution in [0.3, 0.4) is 0 Å². The minimum absolute atomic E-state index is 0.00708. The number of carbonyl (C=O) groups is 2. The quantitative estimate of drug-likeness (QED) is 0.262. The van der Waals surface area contributed by atoms with E-state index in [1.165, 1.54) is 29.3 Å². The van der Waals surface area contributed by atoms with Crippen molar-refractivity contribution in [1.29, 1.82) is 5.26 Å². The van der Waals surface area contributed by atoms with Crippen LogP contribution in [0.5, 0.6) is 5.75 Å². The SMILES string of the molecule is CC1=NC(C(=O)c2ccc3c(/N=N/c4c(C#N)cnn4-c4ncccn4)c(O)c(C(=O)C4=NCC(C)=N4)cc3c2)=NC1. The van der Waals surface area contributed by atoms with E-state index in [4.69, 9.17) is 0 Å². The molecule has 6 rings (SSSR count). The zero-order valence-corrected chi connectivity index (χ0v) is 22.2. The van der Waals surface area contributed by atoms with Crippen LogP contribution >= 0.6 is 0 Å². The molecule has 2 aliphatic rings. The fourth-order valence-corrected chi connectivity index (χ4v) is 4.33. The molecule has 2 aromatic carbocycles. The monoisotopic (exact) mass is 557 g/mol. The van der Waals surface area contributed by atoms with Gasteiger partial charge in [-0.2, -0.15) is 15.0 Å². The Bertz CT molecular complexity index is 2010. The number of hydrogen-bond donors (Lipinski definition) is 1. The molecular weight excluding hydrogens is 538 g/mol. The van der Waals surface area contributed by atoms with E-state index in [1.807, 2.05) is 6.07 Å². The fraction of sp³-hybridized carbons (Fsp3) is 0.143. The molecule has 0 saturated carbocycles. The minimum atomic E-state index is -0.625. The standard InChI is InChI=1S/C28H19N11O3/c1-14-11-32-25(35-14)22(40)16-4-5-19-17(8-16)9-20(24(42)26-33-12-15(2)36-26)23(41)21(19)37-38-27-18(10-29)13-34-39(27)28-30-6-3-7-31-28/h3-9,13,41H,11-12H2,1-2H3/b38-37+. The van der Waals surface area contributed by atoms with Crippen molar-refractivity contribution in [1.82, 2.24) is 19.7 Å². The van der Waals surface area contributed by atoms with Gasteiger partial charge >= 0.3 is 0 Å². The average molecular weight is 558 g/mol. The van der Waals surface area contributed by atoms with Crippen LogP contribution in [0.4, 0.5) is 11.5 Å². The lowest BCUT2D eigenvalue weighted by atomic mass is 9.97. The number of aromatic hydroxyl groups is 1. The molecule has 0 spiro atoms. The Morgan fingerprint density at radius 2 is 1.67 bits per heavy atom. The molecule has 0 radical (unpaired) electrons. The van der Waals surface area contributed by atoms with Gasteiger partial charge in [-0.3, -0.25) is 19.6 Å². The van der Waals surface area contributed by atoms with Gasteiger partial charge in [0.25, 0.3) is 5.95 Å². The number of aromatic nitrogens is 4. The molecule has 14 heteroatoms. The first-order valence-corrected chi connectivity index (χ1v) is 12.6. The van der Waals surface area contributed by atoms with E-state index >= 15 is 0 Å². The van der Waals surface area contributed by atoms with Gasteiger partial charge in [0, 0.05) is 34.8 Å². The molecule has 0 saturated heterocycles. The summed E-state index contributed by atoms with van der Waals surface area (Å²) in [6.45, 7) is 4.14. The predicted molar refractivity (Wildman–Crippen MR) is 153 cm³/mol. The van der Waals surface area contributed by atoms with Gasteiger partial charge in [0.1, 0.15) is 17.3 Å². The molecule has 0 fully saturated rings. The topological polar surface area (TPSA) is 196 Å². The first-order valence-electron chi connectivity index (χ1n) is 12.6. The maximum atomic E-state index is 13.4. The van der Waals surface area contributed by atoms with E-state index in [0.717, 1.165) is 5.71 Å². The number of phenolic OH excluding ortho intramolecular Hbond substituents is 1. The molecule has 2 aromatic heterocycles. The summed E-state index contributed by atoms with van der Waals surface area (Å²) in [5, 5.41) is 34.4. The van der Waals surface area contributed by atoms with Crippen LogP contribution in [-0.4, -0.2) is 72.6 Å². The molecule has 0 unspecified atom stereocenters. The third kappa shape index (κ3) is 4.64. The van der Waals surface area contributed by atoms with Gasteiger partial charge in [-0.15, -0.1) is 10.2 Å². The number of azo groups is 1. The highest BCUT2D eigenvalue weighted by Gasteiger charge is 2.26. The number of nitriles is 1. The number of rotatable bonds is 7. The number of amidine groups is 2. The number of Topliss-reactive ketones (excluding diaryl/α,β-unsaturated/α-hetero) is 2. The molecule has 0 atom stereocenters. The zero-order valence-electron chi connectivity index (χ0n) is 22.2. The summed E-state index contributed by atoms with van der Waals surface area (Å²) in [6.07, 6.45) is 4.29. The van der Waals surface area contributed by atoms with E-state index in [1.54, 1.807) is 38.1 Å². The van der Waals surface area contributed by atoms with Crippen LogP contribution < -0.4 is 0 Å². The second-order valence-corrected chi connectivity index (χ2v) is 9.34. The second-order valence-electron chi connectivity index (χ2n) is 9.34. The van der Waals surface area contributed by atoms with Crippen LogP contribution in [0.25, 0.3) is 16.7 Å². The Morgan fingerprint density at radius 1 is 0.976 bits per heavy atom. The predicted octanol–water partition coefficient (Wildman–Crippen LogP) is 3.92. The minimum Gasteiger partial charge on any atom is -0.505 e. The Hall–Kier alpha value is -6.10. The van der Waals surface area contributed by atoms with Crippen molar-refractivity contribution in [3.8, 4) is 17.8 Å². The molecule has 0 bridgehead atoms. The van der Waals surface area contributed by atoms with E-state index in [0.29, 0.717) is 23.0 Å². The highest BCUT2D eigenvalue weighted by atomic mass is 16.3. The fourth-order valence-electron chi connectivity index (χ4n) is 4.33. The van der Waals surface area contributed by atoms with Crippen LogP contribution in [-0.2, 0) is 0 Å². The molecule has 0 aliphatic carbocycles. The number of ketones is 2. The van der Waals surface area contributed by atoms with Crippen LogP contribution in [0, 0.1) is 11.3 Å². The van der Waals surface area contributed by atoms with Gasteiger partial charge in [0.2, 0.25) is 11.6 Å². The van der Waals surface area contributed by atoms with Crippen molar-refractivity contribution in [2.24, 2.45) is 30.2 Å². The molecule has 4 aromatic rings.